The molecule has 4 heteroatoms. The van der Waals surface area contributed by atoms with Crippen LogP contribution in [0.15, 0.2) is 18.2 Å². The van der Waals surface area contributed by atoms with Crippen molar-refractivity contribution in [3.8, 4) is 5.75 Å². The van der Waals surface area contributed by atoms with Gasteiger partial charge in [-0.05, 0) is 36.6 Å². The van der Waals surface area contributed by atoms with Crippen LogP contribution >= 0.6 is 0 Å². The van der Waals surface area contributed by atoms with Crippen molar-refractivity contribution in [2.75, 3.05) is 0 Å². The van der Waals surface area contributed by atoms with E-state index in [1.807, 2.05) is 6.92 Å². The second-order valence-corrected chi connectivity index (χ2v) is 3.87. The molecule has 17 heavy (non-hydrogen) atoms. The predicted molar refractivity (Wildman–Crippen MR) is 63.3 cm³/mol. The molecule has 2 N–H and O–H groups in total. The zero-order valence-corrected chi connectivity index (χ0v) is 9.77. The summed E-state index contributed by atoms with van der Waals surface area (Å²) in [4.78, 5) is 22.2. The molecule has 0 amide bonds. The van der Waals surface area contributed by atoms with E-state index in [2.05, 4.69) is 0 Å². The molecule has 92 valence electrons. The van der Waals surface area contributed by atoms with Gasteiger partial charge in [-0.3, -0.25) is 9.59 Å². The molecule has 0 aromatic heterocycles. The third-order valence-corrected chi connectivity index (χ3v) is 2.56. The van der Waals surface area contributed by atoms with Crippen LogP contribution in [-0.4, -0.2) is 22.0 Å². The van der Waals surface area contributed by atoms with E-state index in [0.29, 0.717) is 18.4 Å². The van der Waals surface area contributed by atoms with Crippen LogP contribution in [0.3, 0.4) is 0 Å². The number of carboxylic acid groups (broad SMARTS) is 1. The topological polar surface area (TPSA) is 74.6 Å². The van der Waals surface area contributed by atoms with Gasteiger partial charge in [0.05, 0.1) is 0 Å². The lowest BCUT2D eigenvalue weighted by Gasteiger charge is -2.07. The summed E-state index contributed by atoms with van der Waals surface area (Å²) in [6.07, 6.45) is 1.24. The van der Waals surface area contributed by atoms with Crippen molar-refractivity contribution in [3.63, 3.8) is 0 Å². The second-order valence-electron chi connectivity index (χ2n) is 3.87. The maximum atomic E-state index is 11.8. The van der Waals surface area contributed by atoms with E-state index in [9.17, 15) is 14.7 Å². The second kappa shape index (κ2) is 6.03. The van der Waals surface area contributed by atoms with Gasteiger partial charge in [0, 0.05) is 18.4 Å². The van der Waals surface area contributed by atoms with Crippen molar-refractivity contribution in [1.29, 1.82) is 0 Å². The third-order valence-electron chi connectivity index (χ3n) is 2.56. The Kier molecular flexibility index (Phi) is 4.69. The smallest absolute Gasteiger partial charge is 0.303 e. The fraction of sp³-hybridized carbons (Fsp3) is 0.385. The summed E-state index contributed by atoms with van der Waals surface area (Å²) in [5, 5.41) is 17.8. The van der Waals surface area contributed by atoms with E-state index in [1.165, 1.54) is 6.07 Å². The monoisotopic (exact) mass is 236 g/mol. The number of aliphatic carboxylic acids is 1. The number of aromatic hydroxyl groups is 1. The summed E-state index contributed by atoms with van der Waals surface area (Å²) < 4.78 is 0. The Bertz CT molecular complexity index is 423. The first-order valence-electron chi connectivity index (χ1n) is 5.61. The van der Waals surface area contributed by atoms with Gasteiger partial charge in [-0.15, -0.1) is 0 Å². The summed E-state index contributed by atoms with van der Waals surface area (Å²) in [5.41, 5.74) is 1.38. The molecule has 0 aliphatic rings. The number of aryl methyl sites for hydroxylation is 1. The largest absolute Gasteiger partial charge is 0.508 e. The number of phenols is 1. The van der Waals surface area contributed by atoms with Gasteiger partial charge in [0.1, 0.15) is 5.75 Å². The molecule has 0 bridgehead atoms. The molecule has 0 saturated carbocycles. The zero-order valence-electron chi connectivity index (χ0n) is 9.77. The highest BCUT2D eigenvalue weighted by molar-refractivity contribution is 5.97. The number of hydrogen-bond donors (Lipinski definition) is 2. The van der Waals surface area contributed by atoms with Crippen molar-refractivity contribution in [2.45, 2.75) is 32.6 Å². The maximum absolute atomic E-state index is 11.8. The van der Waals surface area contributed by atoms with Gasteiger partial charge in [-0.2, -0.15) is 0 Å². The molecule has 0 aliphatic carbocycles. The zero-order chi connectivity index (χ0) is 12.8. The quantitative estimate of drug-likeness (QED) is 0.744. The van der Waals surface area contributed by atoms with Crippen LogP contribution in [0, 0.1) is 0 Å². The molecule has 0 aliphatic heterocycles. The molecule has 0 heterocycles. The standard InChI is InChI=1S/C13H16O4/c1-2-9-8-10(14)6-7-11(9)12(15)4-3-5-13(16)17/h6-8,14H,2-5H2,1H3,(H,16,17). The van der Waals surface area contributed by atoms with Crippen LogP contribution in [0.1, 0.15) is 42.1 Å². The van der Waals surface area contributed by atoms with Gasteiger partial charge < -0.3 is 10.2 Å². The number of carboxylic acids is 1. The molecule has 1 aromatic carbocycles. The van der Waals surface area contributed by atoms with Crippen molar-refractivity contribution < 1.29 is 19.8 Å². The highest BCUT2D eigenvalue weighted by Gasteiger charge is 2.11. The number of rotatable bonds is 6. The van der Waals surface area contributed by atoms with E-state index in [-0.39, 0.29) is 24.4 Å². The van der Waals surface area contributed by atoms with Crippen LogP contribution in [0.4, 0.5) is 0 Å². The molecule has 0 spiro atoms. The van der Waals surface area contributed by atoms with Gasteiger partial charge in [-0.1, -0.05) is 6.92 Å². The minimum atomic E-state index is -0.890. The number of phenolic OH excluding ortho intramolecular Hbond substituents is 1. The molecule has 1 aromatic rings. The van der Waals surface area contributed by atoms with E-state index >= 15 is 0 Å². The molecule has 4 nitrogen and oxygen atoms in total. The number of benzene rings is 1. The minimum Gasteiger partial charge on any atom is -0.508 e. The lowest BCUT2D eigenvalue weighted by Crippen LogP contribution is -2.04. The number of ketones is 1. The summed E-state index contributed by atoms with van der Waals surface area (Å²) in [7, 11) is 0. The Morgan fingerprint density at radius 2 is 1.94 bits per heavy atom. The number of carbonyl (C=O) groups is 2. The minimum absolute atomic E-state index is 0.00524. The molecule has 1 rings (SSSR count). The van der Waals surface area contributed by atoms with Crippen LogP contribution in [0.5, 0.6) is 5.75 Å². The Balaban J connectivity index is 2.71. The van der Waals surface area contributed by atoms with Gasteiger partial charge in [0.15, 0.2) is 5.78 Å². The molecule has 0 atom stereocenters. The normalized spacial score (nSPS) is 10.2. The Hall–Kier alpha value is -1.84. The fourth-order valence-corrected chi connectivity index (χ4v) is 1.68. The van der Waals surface area contributed by atoms with Crippen molar-refractivity contribution in [2.24, 2.45) is 0 Å². The van der Waals surface area contributed by atoms with Gasteiger partial charge in [0.2, 0.25) is 0 Å². The van der Waals surface area contributed by atoms with Crippen LogP contribution in [0.25, 0.3) is 0 Å². The Morgan fingerprint density at radius 1 is 1.24 bits per heavy atom. The first kappa shape index (κ1) is 13.2. The molecular weight excluding hydrogens is 220 g/mol. The average Bonchev–Trinajstić information content (AvgIpc) is 2.28. The molecule has 0 fully saturated rings. The van der Waals surface area contributed by atoms with Gasteiger partial charge >= 0.3 is 5.97 Å². The van der Waals surface area contributed by atoms with E-state index < -0.39 is 5.97 Å². The van der Waals surface area contributed by atoms with E-state index in [0.717, 1.165) is 5.56 Å². The fourth-order valence-electron chi connectivity index (χ4n) is 1.68. The van der Waals surface area contributed by atoms with E-state index in [1.54, 1.807) is 12.1 Å². The first-order valence-corrected chi connectivity index (χ1v) is 5.61. The summed E-state index contributed by atoms with van der Waals surface area (Å²) in [6, 6.07) is 4.64. The van der Waals surface area contributed by atoms with Crippen LogP contribution < -0.4 is 0 Å². The number of carbonyl (C=O) groups excluding carboxylic acids is 1. The predicted octanol–water partition coefficient (Wildman–Crippen LogP) is 2.39. The lowest BCUT2D eigenvalue weighted by atomic mass is 9.98. The van der Waals surface area contributed by atoms with Crippen LogP contribution in [0.2, 0.25) is 0 Å². The molecule has 0 unspecified atom stereocenters. The van der Waals surface area contributed by atoms with Crippen molar-refractivity contribution in [1.82, 2.24) is 0 Å². The van der Waals surface area contributed by atoms with E-state index in [4.69, 9.17) is 5.11 Å². The summed E-state index contributed by atoms with van der Waals surface area (Å²) in [5.74, 6) is -0.814. The molecule has 0 radical (unpaired) electrons. The SMILES string of the molecule is CCc1cc(O)ccc1C(=O)CCCC(=O)O. The first-order chi connectivity index (χ1) is 8.04. The number of Topliss-reactive ketones (excluding diaryl/α,β-unsaturated/α-hetero) is 1. The van der Waals surface area contributed by atoms with Crippen LogP contribution in [-0.2, 0) is 11.2 Å². The third kappa shape index (κ3) is 3.90. The Labute approximate surface area is 99.9 Å². The Morgan fingerprint density at radius 3 is 2.53 bits per heavy atom. The average molecular weight is 236 g/mol. The maximum Gasteiger partial charge on any atom is 0.303 e. The highest BCUT2D eigenvalue weighted by Crippen LogP contribution is 2.19. The summed E-state index contributed by atoms with van der Waals surface area (Å²) >= 11 is 0. The van der Waals surface area contributed by atoms with Gasteiger partial charge in [0.25, 0.3) is 0 Å². The summed E-state index contributed by atoms with van der Waals surface area (Å²) in [6.45, 7) is 1.91. The highest BCUT2D eigenvalue weighted by atomic mass is 16.4. The lowest BCUT2D eigenvalue weighted by molar-refractivity contribution is -0.137. The molecular formula is C13H16O4. The van der Waals surface area contributed by atoms with Crippen molar-refractivity contribution >= 4 is 11.8 Å². The van der Waals surface area contributed by atoms with Gasteiger partial charge in [-0.25, -0.2) is 0 Å². The van der Waals surface area contributed by atoms with Crippen molar-refractivity contribution in [3.05, 3.63) is 29.3 Å². The number of hydrogen-bond acceptors (Lipinski definition) is 3. The molecule has 0 saturated heterocycles.